The van der Waals surface area contributed by atoms with E-state index in [1.165, 1.54) is 0 Å². The minimum Gasteiger partial charge on any atom is -0.479 e. The summed E-state index contributed by atoms with van der Waals surface area (Å²) in [5.41, 5.74) is 0. The van der Waals surface area contributed by atoms with Gasteiger partial charge in [0.25, 0.3) is 0 Å². The molecule has 7 heteroatoms. The zero-order valence-corrected chi connectivity index (χ0v) is 14.6. The summed E-state index contributed by atoms with van der Waals surface area (Å²) < 4.78 is 6.33. The molecule has 22 heavy (non-hydrogen) atoms. The number of morpholine rings is 1. The van der Waals surface area contributed by atoms with Crippen molar-refractivity contribution in [3.63, 3.8) is 0 Å². The zero-order valence-electron chi connectivity index (χ0n) is 12.2. The Hall–Kier alpha value is -1.05. The molecule has 1 aliphatic heterocycles. The molecule has 0 aromatic heterocycles. The van der Waals surface area contributed by atoms with Gasteiger partial charge in [0.1, 0.15) is 0 Å². The van der Waals surface area contributed by atoms with Gasteiger partial charge in [-0.3, -0.25) is 4.79 Å². The Balaban J connectivity index is 1.84. The van der Waals surface area contributed by atoms with Gasteiger partial charge < -0.3 is 14.7 Å². The van der Waals surface area contributed by atoms with Gasteiger partial charge in [0, 0.05) is 28.1 Å². The SMILES string of the molecule is C[C@@H]1CN(C(=O)CCSc2ccccc2Br)CC(C(=O)O)O1. The molecular weight excluding hydrogens is 370 g/mol. The maximum absolute atomic E-state index is 12.2. The molecule has 0 saturated carbocycles. The van der Waals surface area contributed by atoms with Crippen LogP contribution in [0.5, 0.6) is 0 Å². The van der Waals surface area contributed by atoms with E-state index in [0.717, 1.165) is 9.37 Å². The van der Waals surface area contributed by atoms with E-state index in [-0.39, 0.29) is 18.6 Å². The maximum atomic E-state index is 12.2. The number of hydrogen-bond donors (Lipinski definition) is 1. The van der Waals surface area contributed by atoms with E-state index < -0.39 is 12.1 Å². The van der Waals surface area contributed by atoms with E-state index in [1.807, 2.05) is 24.3 Å². The normalized spacial score (nSPS) is 21.6. The van der Waals surface area contributed by atoms with Gasteiger partial charge in [-0.25, -0.2) is 4.79 Å². The molecule has 1 N–H and O–H groups in total. The number of thioether (sulfide) groups is 1. The third-order valence-electron chi connectivity index (χ3n) is 3.30. The smallest absolute Gasteiger partial charge is 0.334 e. The lowest BCUT2D eigenvalue weighted by Crippen LogP contribution is -2.51. The van der Waals surface area contributed by atoms with Gasteiger partial charge >= 0.3 is 5.97 Å². The van der Waals surface area contributed by atoms with Gasteiger partial charge in [-0.05, 0) is 35.0 Å². The Kier molecular flexibility index (Phi) is 6.28. The molecule has 1 saturated heterocycles. The molecule has 1 aliphatic rings. The van der Waals surface area contributed by atoms with E-state index in [1.54, 1.807) is 23.6 Å². The number of carbonyl (C=O) groups excluding carboxylic acids is 1. The van der Waals surface area contributed by atoms with Crippen LogP contribution < -0.4 is 0 Å². The summed E-state index contributed by atoms with van der Waals surface area (Å²) in [6.07, 6.45) is -0.802. The Bertz CT molecular complexity index is 554. The highest BCUT2D eigenvalue weighted by Gasteiger charge is 2.32. The number of hydrogen-bond acceptors (Lipinski definition) is 4. The fourth-order valence-corrected chi connectivity index (χ4v) is 3.77. The molecule has 0 spiro atoms. The highest BCUT2D eigenvalue weighted by atomic mass is 79.9. The predicted octanol–water partition coefficient (Wildman–Crippen LogP) is 2.63. The second kappa shape index (κ2) is 7.99. The lowest BCUT2D eigenvalue weighted by molar-refractivity contribution is -0.166. The van der Waals surface area contributed by atoms with E-state index in [4.69, 9.17) is 9.84 Å². The number of rotatable bonds is 5. The Labute approximate surface area is 142 Å². The minimum absolute atomic E-state index is 0.0269. The molecule has 1 unspecified atom stereocenters. The summed E-state index contributed by atoms with van der Waals surface area (Å²) in [4.78, 5) is 26.0. The number of amides is 1. The van der Waals surface area contributed by atoms with Crippen LogP contribution in [0.3, 0.4) is 0 Å². The first kappa shape index (κ1) is 17.3. The van der Waals surface area contributed by atoms with Crippen molar-refractivity contribution in [2.45, 2.75) is 30.4 Å². The van der Waals surface area contributed by atoms with Crippen LogP contribution in [0.25, 0.3) is 0 Å². The monoisotopic (exact) mass is 387 g/mol. The second-order valence-electron chi connectivity index (χ2n) is 5.10. The molecule has 1 aromatic carbocycles. The van der Waals surface area contributed by atoms with Crippen molar-refractivity contribution in [1.82, 2.24) is 4.90 Å². The predicted molar refractivity (Wildman–Crippen MR) is 88.0 cm³/mol. The van der Waals surface area contributed by atoms with Crippen molar-refractivity contribution in [3.8, 4) is 0 Å². The molecule has 2 rings (SSSR count). The first-order chi connectivity index (χ1) is 10.5. The Morgan fingerprint density at radius 1 is 1.41 bits per heavy atom. The van der Waals surface area contributed by atoms with Gasteiger partial charge in [-0.2, -0.15) is 0 Å². The number of halogens is 1. The van der Waals surface area contributed by atoms with Gasteiger partial charge in [0.15, 0.2) is 6.10 Å². The molecule has 2 atom stereocenters. The Morgan fingerprint density at radius 3 is 2.82 bits per heavy atom. The van der Waals surface area contributed by atoms with Crippen LogP contribution in [0.4, 0.5) is 0 Å². The average Bonchev–Trinajstić information content (AvgIpc) is 2.48. The number of nitrogens with zero attached hydrogens (tertiary/aromatic N) is 1. The lowest BCUT2D eigenvalue weighted by atomic mass is 10.2. The first-order valence-electron chi connectivity index (χ1n) is 7.00. The fourth-order valence-electron chi connectivity index (χ4n) is 2.26. The third-order valence-corrected chi connectivity index (χ3v) is 5.33. The molecule has 1 aromatic rings. The average molecular weight is 388 g/mol. The Morgan fingerprint density at radius 2 is 2.14 bits per heavy atom. The summed E-state index contributed by atoms with van der Waals surface area (Å²) in [5, 5.41) is 9.04. The molecule has 0 bridgehead atoms. The van der Waals surface area contributed by atoms with Crippen LogP contribution in [0.1, 0.15) is 13.3 Å². The van der Waals surface area contributed by atoms with Crippen molar-refractivity contribution in [2.24, 2.45) is 0 Å². The van der Waals surface area contributed by atoms with Gasteiger partial charge in [-0.1, -0.05) is 12.1 Å². The first-order valence-corrected chi connectivity index (χ1v) is 8.78. The van der Waals surface area contributed by atoms with Crippen LogP contribution in [0.2, 0.25) is 0 Å². The molecule has 5 nitrogen and oxygen atoms in total. The summed E-state index contributed by atoms with van der Waals surface area (Å²) in [7, 11) is 0. The molecule has 1 amide bonds. The van der Waals surface area contributed by atoms with Gasteiger partial charge in [-0.15, -0.1) is 11.8 Å². The van der Waals surface area contributed by atoms with Crippen LogP contribution in [0.15, 0.2) is 33.6 Å². The maximum Gasteiger partial charge on any atom is 0.334 e. The van der Waals surface area contributed by atoms with Crippen LogP contribution in [0, 0.1) is 0 Å². The van der Waals surface area contributed by atoms with Crippen LogP contribution in [-0.4, -0.2) is 52.9 Å². The third kappa shape index (κ3) is 4.72. The number of carboxylic acids is 1. The summed E-state index contributed by atoms with van der Waals surface area (Å²) in [5.74, 6) is -0.391. The molecule has 1 fully saturated rings. The van der Waals surface area contributed by atoms with Crippen molar-refractivity contribution >= 4 is 39.6 Å². The van der Waals surface area contributed by atoms with Crippen LogP contribution >= 0.6 is 27.7 Å². The quantitative estimate of drug-likeness (QED) is 0.786. The highest BCUT2D eigenvalue weighted by molar-refractivity contribution is 9.10. The highest BCUT2D eigenvalue weighted by Crippen LogP contribution is 2.27. The summed E-state index contributed by atoms with van der Waals surface area (Å²) >= 11 is 5.08. The number of aliphatic carboxylic acids is 1. The second-order valence-corrected chi connectivity index (χ2v) is 7.09. The summed E-state index contributed by atoms with van der Waals surface area (Å²) in [6.45, 7) is 2.35. The number of carbonyl (C=O) groups is 2. The largest absolute Gasteiger partial charge is 0.479 e. The van der Waals surface area contributed by atoms with Crippen molar-refractivity contribution in [1.29, 1.82) is 0 Å². The topological polar surface area (TPSA) is 66.8 Å². The number of carboxylic acid groups (broad SMARTS) is 1. The lowest BCUT2D eigenvalue weighted by Gasteiger charge is -2.35. The molecule has 0 radical (unpaired) electrons. The van der Waals surface area contributed by atoms with E-state index >= 15 is 0 Å². The van der Waals surface area contributed by atoms with Gasteiger partial charge in [0.05, 0.1) is 12.6 Å². The van der Waals surface area contributed by atoms with Crippen LogP contribution in [-0.2, 0) is 14.3 Å². The van der Waals surface area contributed by atoms with Gasteiger partial charge in [0.2, 0.25) is 5.91 Å². The van der Waals surface area contributed by atoms with E-state index in [9.17, 15) is 9.59 Å². The zero-order chi connectivity index (χ0) is 16.1. The minimum atomic E-state index is -1.02. The number of benzene rings is 1. The van der Waals surface area contributed by atoms with Crippen molar-refractivity contribution in [2.75, 3.05) is 18.8 Å². The number of ether oxygens (including phenoxy) is 1. The molecule has 0 aliphatic carbocycles. The standard InChI is InChI=1S/C15H18BrNO4S/c1-10-8-17(9-12(21-10)15(19)20)14(18)6-7-22-13-5-3-2-4-11(13)16/h2-5,10,12H,6-9H2,1H3,(H,19,20)/t10-,12?/m1/s1. The molecular formula is C15H18BrNO4S. The fraction of sp³-hybridized carbons (Fsp3) is 0.467. The molecule has 1 heterocycles. The molecule has 120 valence electrons. The van der Waals surface area contributed by atoms with E-state index in [2.05, 4.69) is 15.9 Å². The van der Waals surface area contributed by atoms with Crippen molar-refractivity contribution in [3.05, 3.63) is 28.7 Å². The van der Waals surface area contributed by atoms with E-state index in [0.29, 0.717) is 18.7 Å². The van der Waals surface area contributed by atoms with Crippen molar-refractivity contribution < 1.29 is 19.4 Å². The summed E-state index contributed by atoms with van der Waals surface area (Å²) in [6, 6.07) is 7.86.